The first-order valence-corrected chi connectivity index (χ1v) is 9.19. The van der Waals surface area contributed by atoms with Gasteiger partial charge >= 0.3 is 0 Å². The number of aromatic nitrogens is 2. The zero-order chi connectivity index (χ0) is 18.4. The first-order chi connectivity index (χ1) is 12.7. The zero-order valence-corrected chi connectivity index (χ0v) is 15.9. The second-order valence-electron chi connectivity index (χ2n) is 6.24. The summed E-state index contributed by atoms with van der Waals surface area (Å²) >= 11 is 5.35. The van der Waals surface area contributed by atoms with E-state index >= 15 is 0 Å². The standard InChI is InChI=1S/C18H24N4O3S/c1-23-14-9-8-12(10-15(14)24-2)17-21-16(25-22-17)11-19-18(26)20-13-6-4-3-5-7-13/h8-10,13H,3-7,11H2,1-2H3,(H2,19,20,26). The monoisotopic (exact) mass is 376 g/mol. The van der Waals surface area contributed by atoms with Crippen LogP contribution in [-0.2, 0) is 6.54 Å². The van der Waals surface area contributed by atoms with Crippen LogP contribution in [0.25, 0.3) is 11.4 Å². The molecule has 1 aliphatic rings. The number of benzene rings is 1. The van der Waals surface area contributed by atoms with Gasteiger partial charge in [-0.2, -0.15) is 4.98 Å². The van der Waals surface area contributed by atoms with Gasteiger partial charge in [0.05, 0.1) is 20.8 Å². The normalized spacial score (nSPS) is 14.7. The maximum Gasteiger partial charge on any atom is 0.246 e. The van der Waals surface area contributed by atoms with E-state index in [-0.39, 0.29) is 0 Å². The average molecular weight is 376 g/mol. The van der Waals surface area contributed by atoms with E-state index in [2.05, 4.69) is 20.8 Å². The molecule has 2 aromatic rings. The highest BCUT2D eigenvalue weighted by Gasteiger charge is 2.15. The molecular weight excluding hydrogens is 352 g/mol. The van der Waals surface area contributed by atoms with Gasteiger partial charge in [0, 0.05) is 11.6 Å². The van der Waals surface area contributed by atoms with Crippen LogP contribution in [-0.4, -0.2) is 35.5 Å². The zero-order valence-electron chi connectivity index (χ0n) is 15.1. The third-order valence-electron chi connectivity index (χ3n) is 4.45. The molecule has 0 saturated heterocycles. The van der Waals surface area contributed by atoms with Crippen LogP contribution in [0, 0.1) is 0 Å². The summed E-state index contributed by atoms with van der Waals surface area (Å²) in [6.45, 7) is 0.388. The number of ether oxygens (including phenoxy) is 2. The Labute approximate surface area is 158 Å². The van der Waals surface area contributed by atoms with Gasteiger partial charge in [-0.3, -0.25) is 0 Å². The van der Waals surface area contributed by atoms with E-state index in [1.165, 1.54) is 32.1 Å². The van der Waals surface area contributed by atoms with E-state index in [9.17, 15) is 0 Å². The molecule has 0 radical (unpaired) electrons. The van der Waals surface area contributed by atoms with Crippen molar-refractivity contribution in [1.29, 1.82) is 0 Å². The van der Waals surface area contributed by atoms with Crippen LogP contribution >= 0.6 is 12.2 Å². The van der Waals surface area contributed by atoms with Gasteiger partial charge < -0.3 is 24.6 Å². The lowest BCUT2D eigenvalue weighted by atomic mass is 9.96. The van der Waals surface area contributed by atoms with Gasteiger partial charge in [-0.15, -0.1) is 0 Å². The van der Waals surface area contributed by atoms with E-state index in [0.29, 0.717) is 40.9 Å². The summed E-state index contributed by atoms with van der Waals surface area (Å²) in [4.78, 5) is 4.41. The number of thiocarbonyl (C=S) groups is 1. The predicted octanol–water partition coefficient (Wildman–Crippen LogP) is 3.05. The first-order valence-electron chi connectivity index (χ1n) is 8.79. The summed E-state index contributed by atoms with van der Waals surface area (Å²) in [5, 5.41) is 11.1. The Hall–Kier alpha value is -2.35. The fraction of sp³-hybridized carbons (Fsp3) is 0.500. The molecule has 1 heterocycles. The average Bonchev–Trinajstić information content (AvgIpc) is 3.15. The minimum absolute atomic E-state index is 0.388. The second-order valence-corrected chi connectivity index (χ2v) is 6.65. The van der Waals surface area contributed by atoms with Gasteiger partial charge in [-0.05, 0) is 43.3 Å². The molecule has 8 heteroatoms. The van der Waals surface area contributed by atoms with Crippen molar-refractivity contribution in [1.82, 2.24) is 20.8 Å². The van der Waals surface area contributed by atoms with E-state index < -0.39 is 0 Å². The molecule has 26 heavy (non-hydrogen) atoms. The SMILES string of the molecule is COc1ccc(-c2noc(CNC(=S)NC3CCCCC3)n2)cc1OC. The van der Waals surface area contributed by atoms with Crippen molar-refractivity contribution in [2.75, 3.05) is 14.2 Å². The summed E-state index contributed by atoms with van der Waals surface area (Å²) < 4.78 is 15.9. The minimum atomic E-state index is 0.388. The van der Waals surface area contributed by atoms with E-state index in [1.807, 2.05) is 18.2 Å². The highest BCUT2D eigenvalue weighted by atomic mass is 32.1. The molecule has 7 nitrogen and oxygen atoms in total. The largest absolute Gasteiger partial charge is 0.493 e. The smallest absolute Gasteiger partial charge is 0.246 e. The van der Waals surface area contributed by atoms with Crippen molar-refractivity contribution in [2.45, 2.75) is 44.7 Å². The highest BCUT2D eigenvalue weighted by Crippen LogP contribution is 2.31. The molecular formula is C18H24N4O3S. The van der Waals surface area contributed by atoms with Crippen LogP contribution in [0.15, 0.2) is 22.7 Å². The van der Waals surface area contributed by atoms with Crippen molar-refractivity contribution in [3.63, 3.8) is 0 Å². The molecule has 0 bridgehead atoms. The van der Waals surface area contributed by atoms with Crippen molar-refractivity contribution in [3.8, 4) is 22.9 Å². The number of rotatable bonds is 6. The van der Waals surface area contributed by atoms with E-state index in [4.69, 9.17) is 26.2 Å². The topological polar surface area (TPSA) is 81.4 Å². The molecule has 1 aromatic heterocycles. The lowest BCUT2D eigenvalue weighted by Crippen LogP contribution is -2.42. The summed E-state index contributed by atoms with van der Waals surface area (Å²) in [5.41, 5.74) is 0.792. The Morgan fingerprint density at radius 1 is 1.19 bits per heavy atom. The number of methoxy groups -OCH3 is 2. The summed E-state index contributed by atoms with van der Waals surface area (Å²) in [7, 11) is 3.19. The van der Waals surface area contributed by atoms with Gasteiger partial charge in [-0.1, -0.05) is 24.4 Å². The van der Waals surface area contributed by atoms with Crippen LogP contribution in [0.3, 0.4) is 0 Å². The molecule has 1 aromatic carbocycles. The number of nitrogens with one attached hydrogen (secondary N) is 2. The van der Waals surface area contributed by atoms with Gasteiger partial charge in [0.1, 0.15) is 0 Å². The third-order valence-corrected chi connectivity index (χ3v) is 4.71. The molecule has 0 unspecified atom stereocenters. The van der Waals surface area contributed by atoms with E-state index in [0.717, 1.165) is 5.56 Å². The number of nitrogens with zero attached hydrogens (tertiary/aromatic N) is 2. The van der Waals surface area contributed by atoms with Gasteiger partial charge in [-0.25, -0.2) is 0 Å². The summed E-state index contributed by atoms with van der Waals surface area (Å²) in [6.07, 6.45) is 6.19. The second kappa shape index (κ2) is 8.84. The first kappa shape index (κ1) is 18.4. The predicted molar refractivity (Wildman–Crippen MR) is 102 cm³/mol. The van der Waals surface area contributed by atoms with Crippen molar-refractivity contribution < 1.29 is 14.0 Å². The lowest BCUT2D eigenvalue weighted by molar-refractivity contribution is 0.355. The number of hydrogen-bond acceptors (Lipinski definition) is 6. The molecule has 2 N–H and O–H groups in total. The van der Waals surface area contributed by atoms with Crippen LogP contribution in [0.2, 0.25) is 0 Å². The van der Waals surface area contributed by atoms with Gasteiger partial charge in [0.15, 0.2) is 16.6 Å². The molecule has 1 fully saturated rings. The Kier molecular flexibility index (Phi) is 6.27. The Morgan fingerprint density at radius 2 is 1.96 bits per heavy atom. The molecule has 140 valence electrons. The fourth-order valence-electron chi connectivity index (χ4n) is 3.06. The van der Waals surface area contributed by atoms with E-state index in [1.54, 1.807) is 14.2 Å². The Morgan fingerprint density at radius 3 is 2.69 bits per heavy atom. The maximum atomic E-state index is 5.35. The van der Waals surface area contributed by atoms with Crippen molar-refractivity contribution in [2.24, 2.45) is 0 Å². The quantitative estimate of drug-likeness (QED) is 0.745. The lowest BCUT2D eigenvalue weighted by Gasteiger charge is -2.24. The minimum Gasteiger partial charge on any atom is -0.493 e. The maximum absolute atomic E-state index is 5.35. The van der Waals surface area contributed by atoms with Crippen molar-refractivity contribution in [3.05, 3.63) is 24.1 Å². The fourth-order valence-corrected chi connectivity index (χ4v) is 3.30. The van der Waals surface area contributed by atoms with Crippen LogP contribution in [0.5, 0.6) is 11.5 Å². The Bertz CT molecular complexity index is 744. The van der Waals surface area contributed by atoms with Gasteiger partial charge in [0.25, 0.3) is 0 Å². The molecule has 0 aliphatic heterocycles. The van der Waals surface area contributed by atoms with Crippen LogP contribution in [0.1, 0.15) is 38.0 Å². The summed E-state index contributed by atoms with van der Waals surface area (Å²) in [6, 6.07) is 5.95. The molecule has 0 atom stereocenters. The molecule has 3 rings (SSSR count). The molecule has 0 spiro atoms. The van der Waals surface area contributed by atoms with Crippen molar-refractivity contribution >= 4 is 17.3 Å². The number of hydrogen-bond donors (Lipinski definition) is 2. The van der Waals surface area contributed by atoms with Crippen LogP contribution < -0.4 is 20.1 Å². The highest BCUT2D eigenvalue weighted by molar-refractivity contribution is 7.80. The molecule has 1 saturated carbocycles. The van der Waals surface area contributed by atoms with Gasteiger partial charge in [0.2, 0.25) is 11.7 Å². The molecule has 1 aliphatic carbocycles. The summed E-state index contributed by atoms with van der Waals surface area (Å²) in [5.74, 6) is 2.24. The third kappa shape index (κ3) is 4.63. The Balaban J connectivity index is 1.57. The van der Waals surface area contributed by atoms with Crippen LogP contribution in [0.4, 0.5) is 0 Å². The molecule has 0 amide bonds.